The summed E-state index contributed by atoms with van der Waals surface area (Å²) in [7, 11) is 0. The molecule has 0 saturated carbocycles. The van der Waals surface area contributed by atoms with Crippen molar-refractivity contribution >= 4 is 17.6 Å². The second-order valence-electron chi connectivity index (χ2n) is 6.48. The molecule has 1 atom stereocenters. The van der Waals surface area contributed by atoms with Gasteiger partial charge in [0.2, 0.25) is 5.91 Å². The molecular weight excluding hydrogens is 380 g/mol. The Morgan fingerprint density at radius 2 is 2.03 bits per heavy atom. The average Bonchev–Trinajstić information content (AvgIpc) is 2.68. The van der Waals surface area contributed by atoms with Gasteiger partial charge in [-0.25, -0.2) is 13.6 Å². The van der Waals surface area contributed by atoms with Crippen LogP contribution in [0.2, 0.25) is 0 Å². The third-order valence-electron chi connectivity index (χ3n) is 4.56. The molecule has 0 fully saturated rings. The van der Waals surface area contributed by atoms with Crippen LogP contribution in [-0.4, -0.2) is 23.4 Å². The van der Waals surface area contributed by atoms with Crippen LogP contribution in [0.3, 0.4) is 0 Å². The van der Waals surface area contributed by atoms with E-state index in [4.69, 9.17) is 10.5 Å². The first kappa shape index (κ1) is 19.8. The third kappa shape index (κ3) is 3.99. The predicted octanol–water partition coefficient (Wildman–Crippen LogP) is 3.43. The zero-order chi connectivity index (χ0) is 21.1. The summed E-state index contributed by atoms with van der Waals surface area (Å²) in [5, 5.41) is 23.1. The molecule has 29 heavy (non-hydrogen) atoms. The van der Waals surface area contributed by atoms with Crippen LogP contribution < -0.4 is 10.6 Å². The van der Waals surface area contributed by atoms with Crippen LogP contribution in [-0.2, 0) is 11.3 Å². The Balaban J connectivity index is 0.00000240. The first-order chi connectivity index (χ1) is 13.8. The molecule has 0 radical (unpaired) electrons. The molecule has 1 heterocycles. The quantitative estimate of drug-likeness (QED) is 0.821. The summed E-state index contributed by atoms with van der Waals surface area (Å²) in [6, 6.07) is 8.68. The van der Waals surface area contributed by atoms with Gasteiger partial charge in [0, 0.05) is 19.7 Å². The second-order valence-corrected chi connectivity index (χ2v) is 6.48. The van der Waals surface area contributed by atoms with Crippen molar-refractivity contribution in [3.05, 3.63) is 64.2 Å². The van der Waals surface area contributed by atoms with Gasteiger partial charge in [0.05, 0.1) is 29.8 Å². The SMILES string of the molecule is C[C@H](NC(=O)CN1Cc2c(ccc(F)c2C#N)NC1=O)c1ccc(C#N)cc1F.[HH].[HH]. The van der Waals surface area contributed by atoms with Crippen molar-refractivity contribution in [1.29, 1.82) is 10.5 Å². The number of benzene rings is 2. The highest BCUT2D eigenvalue weighted by atomic mass is 19.1. The van der Waals surface area contributed by atoms with Crippen molar-refractivity contribution < 1.29 is 21.2 Å². The fourth-order valence-corrected chi connectivity index (χ4v) is 3.09. The summed E-state index contributed by atoms with van der Waals surface area (Å²) in [5.74, 6) is -1.90. The Labute approximate surface area is 168 Å². The first-order valence-electron chi connectivity index (χ1n) is 8.60. The van der Waals surface area contributed by atoms with Crippen molar-refractivity contribution in [3.8, 4) is 12.1 Å². The average molecular weight is 399 g/mol. The molecule has 3 amide bonds. The Hall–Kier alpha value is -3.98. The Bertz CT molecular complexity index is 1100. The summed E-state index contributed by atoms with van der Waals surface area (Å²) >= 11 is 0. The number of fused-ring (bicyclic) bond motifs is 1. The largest absolute Gasteiger partial charge is 0.348 e. The minimum Gasteiger partial charge on any atom is -0.348 e. The molecule has 0 aromatic heterocycles. The first-order valence-corrected chi connectivity index (χ1v) is 8.60. The van der Waals surface area contributed by atoms with E-state index in [-0.39, 0.29) is 38.2 Å². The van der Waals surface area contributed by atoms with Crippen molar-refractivity contribution in [2.75, 3.05) is 11.9 Å². The van der Waals surface area contributed by atoms with E-state index < -0.39 is 29.6 Å². The van der Waals surface area contributed by atoms with E-state index in [9.17, 15) is 18.4 Å². The number of hydrogen-bond donors (Lipinski definition) is 2. The number of halogens is 2. The minimum absolute atomic E-state index is 0. The van der Waals surface area contributed by atoms with Crippen LogP contribution in [0.5, 0.6) is 0 Å². The Kier molecular flexibility index (Phi) is 5.42. The number of amides is 3. The number of nitriles is 2. The van der Waals surface area contributed by atoms with E-state index >= 15 is 0 Å². The molecule has 0 saturated heterocycles. The number of nitrogens with zero attached hydrogens (tertiary/aromatic N) is 3. The van der Waals surface area contributed by atoms with E-state index in [1.165, 1.54) is 18.2 Å². The molecule has 0 aliphatic carbocycles. The molecule has 2 N–H and O–H groups in total. The minimum atomic E-state index is -0.711. The van der Waals surface area contributed by atoms with Gasteiger partial charge >= 0.3 is 6.03 Å². The molecule has 2 aromatic carbocycles. The van der Waals surface area contributed by atoms with Gasteiger partial charge in [0.1, 0.15) is 24.2 Å². The normalized spacial score (nSPS) is 13.6. The summed E-state index contributed by atoms with van der Waals surface area (Å²) in [6.07, 6.45) is 0. The van der Waals surface area contributed by atoms with E-state index in [0.717, 1.165) is 17.0 Å². The van der Waals surface area contributed by atoms with Gasteiger partial charge in [-0.15, -0.1) is 0 Å². The number of carbonyl (C=O) groups is 2. The number of rotatable bonds is 4. The van der Waals surface area contributed by atoms with Gasteiger partial charge in [-0.3, -0.25) is 4.79 Å². The smallest absolute Gasteiger partial charge is 0.322 e. The van der Waals surface area contributed by atoms with E-state index in [0.29, 0.717) is 5.69 Å². The molecule has 1 aliphatic heterocycles. The molecule has 150 valence electrons. The number of urea groups is 1. The van der Waals surface area contributed by atoms with Gasteiger partial charge in [0.15, 0.2) is 0 Å². The summed E-state index contributed by atoms with van der Waals surface area (Å²) in [5.41, 5.74) is 0.762. The standard InChI is InChI=1S/C20H15F2N5O2.2H2/c1-11(13-3-2-12(7-23)6-17(13)22)25-19(28)10-27-9-15-14(8-24)16(21)4-5-18(15)26-20(27)29;;/h2-6,11H,9-10H2,1H3,(H,25,28)(H,26,29);2*1H/t11-;;/m0../s1. The molecule has 3 rings (SSSR count). The number of anilines is 1. The van der Waals surface area contributed by atoms with Gasteiger partial charge in [-0.1, -0.05) is 6.07 Å². The van der Waals surface area contributed by atoms with Gasteiger partial charge < -0.3 is 15.5 Å². The highest BCUT2D eigenvalue weighted by molar-refractivity contribution is 5.95. The summed E-state index contributed by atoms with van der Waals surface area (Å²) < 4.78 is 27.9. The molecule has 7 nitrogen and oxygen atoms in total. The third-order valence-corrected chi connectivity index (χ3v) is 4.56. The summed E-state index contributed by atoms with van der Waals surface area (Å²) in [4.78, 5) is 25.7. The van der Waals surface area contributed by atoms with Crippen molar-refractivity contribution in [2.24, 2.45) is 0 Å². The van der Waals surface area contributed by atoms with Crippen LogP contribution >= 0.6 is 0 Å². The molecule has 0 bridgehead atoms. The van der Waals surface area contributed by atoms with Crippen molar-refractivity contribution in [2.45, 2.75) is 19.5 Å². The van der Waals surface area contributed by atoms with Crippen LogP contribution in [0.25, 0.3) is 0 Å². The lowest BCUT2D eigenvalue weighted by Gasteiger charge is -2.30. The van der Waals surface area contributed by atoms with E-state index in [1.807, 2.05) is 6.07 Å². The number of carbonyl (C=O) groups excluding carboxylic acids is 2. The van der Waals surface area contributed by atoms with Crippen molar-refractivity contribution in [3.63, 3.8) is 0 Å². The van der Waals surface area contributed by atoms with E-state index in [1.54, 1.807) is 13.0 Å². The number of hydrogen-bond acceptors (Lipinski definition) is 4. The predicted molar refractivity (Wildman–Crippen MR) is 102 cm³/mol. The maximum absolute atomic E-state index is 14.1. The van der Waals surface area contributed by atoms with Gasteiger partial charge in [-0.05, 0) is 31.2 Å². The molecule has 9 heteroatoms. The molecule has 1 aliphatic rings. The monoisotopic (exact) mass is 399 g/mol. The Morgan fingerprint density at radius 3 is 2.69 bits per heavy atom. The fourth-order valence-electron chi connectivity index (χ4n) is 3.09. The van der Waals surface area contributed by atoms with Gasteiger partial charge in [-0.2, -0.15) is 10.5 Å². The van der Waals surface area contributed by atoms with Crippen LogP contribution in [0, 0.1) is 34.3 Å². The highest BCUT2D eigenvalue weighted by Gasteiger charge is 2.28. The fraction of sp³-hybridized carbons (Fsp3) is 0.200. The lowest BCUT2D eigenvalue weighted by atomic mass is 10.0. The Morgan fingerprint density at radius 1 is 1.28 bits per heavy atom. The van der Waals surface area contributed by atoms with Crippen LogP contribution in [0.1, 0.15) is 38.1 Å². The van der Waals surface area contributed by atoms with Gasteiger partial charge in [0.25, 0.3) is 0 Å². The highest BCUT2D eigenvalue weighted by Crippen LogP contribution is 2.28. The topological polar surface area (TPSA) is 109 Å². The maximum Gasteiger partial charge on any atom is 0.322 e. The molecule has 0 spiro atoms. The van der Waals surface area contributed by atoms with Crippen molar-refractivity contribution in [1.82, 2.24) is 10.2 Å². The molecule has 0 unspecified atom stereocenters. The van der Waals surface area contributed by atoms with Crippen LogP contribution in [0.4, 0.5) is 19.3 Å². The zero-order valence-corrected chi connectivity index (χ0v) is 15.3. The van der Waals surface area contributed by atoms with Crippen LogP contribution in [0.15, 0.2) is 30.3 Å². The maximum atomic E-state index is 14.1. The molecule has 2 aromatic rings. The molecular formula is C20H19F2N5O2. The van der Waals surface area contributed by atoms with E-state index in [2.05, 4.69) is 10.6 Å². The summed E-state index contributed by atoms with van der Waals surface area (Å²) in [6.45, 7) is 1.08. The zero-order valence-electron chi connectivity index (χ0n) is 15.3. The number of nitrogens with one attached hydrogen (secondary N) is 2. The second kappa shape index (κ2) is 7.95. The lowest BCUT2D eigenvalue weighted by Crippen LogP contribution is -2.45. The lowest BCUT2D eigenvalue weighted by molar-refractivity contribution is -0.122.